The molecule has 5 heteroatoms. The van der Waals surface area contributed by atoms with Gasteiger partial charge >= 0.3 is 5.97 Å². The number of hydrogen-bond donors (Lipinski definition) is 0. The van der Waals surface area contributed by atoms with Gasteiger partial charge < -0.3 is 14.4 Å². The van der Waals surface area contributed by atoms with Crippen molar-refractivity contribution in [2.75, 3.05) is 13.2 Å². The van der Waals surface area contributed by atoms with Crippen molar-refractivity contribution in [3.8, 4) is 5.75 Å². The topological polar surface area (TPSA) is 55.8 Å². The number of likely N-dealkylation sites (tertiary alicyclic amines) is 1. The Bertz CT molecular complexity index is 589. The van der Waals surface area contributed by atoms with Crippen LogP contribution in [-0.4, -0.2) is 42.1 Å². The lowest BCUT2D eigenvalue weighted by Gasteiger charge is -2.38. The van der Waals surface area contributed by atoms with E-state index < -0.39 is 5.97 Å². The summed E-state index contributed by atoms with van der Waals surface area (Å²) in [7, 11) is 0. The fraction of sp³-hybridized carbons (Fsp3) is 0.579. The van der Waals surface area contributed by atoms with Crippen LogP contribution in [0.2, 0.25) is 0 Å². The first-order valence-corrected chi connectivity index (χ1v) is 8.55. The number of ether oxygens (including phenoxy) is 2. The molecule has 1 amide bonds. The Balaban J connectivity index is 1.80. The maximum atomic E-state index is 12.3. The van der Waals surface area contributed by atoms with Crippen LogP contribution in [0.5, 0.6) is 5.75 Å². The van der Waals surface area contributed by atoms with E-state index in [-0.39, 0.29) is 31.2 Å². The molecule has 2 rings (SSSR count). The minimum atomic E-state index is -0.526. The van der Waals surface area contributed by atoms with Crippen LogP contribution in [-0.2, 0) is 14.3 Å². The lowest BCUT2D eigenvalue weighted by molar-refractivity contribution is -0.156. The molecular weight excluding hydrogens is 306 g/mol. The first kappa shape index (κ1) is 18.3. The molecule has 1 aliphatic heterocycles. The third-order valence-electron chi connectivity index (χ3n) is 4.53. The number of benzene rings is 1. The van der Waals surface area contributed by atoms with E-state index in [0.29, 0.717) is 5.75 Å². The van der Waals surface area contributed by atoms with Gasteiger partial charge in [0.2, 0.25) is 0 Å². The molecule has 0 aliphatic carbocycles. The van der Waals surface area contributed by atoms with E-state index in [0.717, 1.165) is 30.4 Å². The van der Waals surface area contributed by atoms with E-state index in [4.69, 9.17) is 9.47 Å². The maximum absolute atomic E-state index is 12.3. The molecule has 5 nitrogen and oxygen atoms in total. The average Bonchev–Trinajstić information content (AvgIpc) is 2.53. The van der Waals surface area contributed by atoms with E-state index in [1.165, 1.54) is 0 Å². The van der Waals surface area contributed by atoms with Gasteiger partial charge in [-0.2, -0.15) is 0 Å². The summed E-state index contributed by atoms with van der Waals surface area (Å²) in [5, 5.41) is 0. The monoisotopic (exact) mass is 333 g/mol. The quantitative estimate of drug-likeness (QED) is 0.777. The van der Waals surface area contributed by atoms with Crippen LogP contribution in [0.1, 0.15) is 44.2 Å². The highest BCUT2D eigenvalue weighted by Crippen LogP contribution is 2.22. The van der Waals surface area contributed by atoms with Gasteiger partial charge in [0.25, 0.3) is 5.91 Å². The summed E-state index contributed by atoms with van der Waals surface area (Å²) in [6.45, 7) is 7.55. The van der Waals surface area contributed by atoms with Crippen LogP contribution in [0.3, 0.4) is 0 Å². The van der Waals surface area contributed by atoms with Crippen molar-refractivity contribution in [1.82, 2.24) is 4.90 Å². The van der Waals surface area contributed by atoms with Crippen LogP contribution in [0, 0.1) is 13.8 Å². The van der Waals surface area contributed by atoms with Gasteiger partial charge in [0.15, 0.2) is 13.2 Å². The Hall–Kier alpha value is -2.04. The molecule has 0 bridgehead atoms. The molecule has 1 saturated heterocycles. The average molecular weight is 333 g/mol. The standard InChI is InChI=1S/C19H27NO4/c1-13-8-9-14(2)17(10-13)23-12-19(22)24-11-18(21)20-15(3)6-5-7-16(20)4/h8-10,15-16H,5-7,11-12H2,1-4H3. The number of carbonyl (C=O) groups excluding carboxylic acids is 2. The van der Waals surface area contributed by atoms with Crippen molar-refractivity contribution in [3.05, 3.63) is 29.3 Å². The smallest absolute Gasteiger partial charge is 0.344 e. The highest BCUT2D eigenvalue weighted by molar-refractivity contribution is 5.81. The van der Waals surface area contributed by atoms with Crippen LogP contribution in [0.4, 0.5) is 0 Å². The van der Waals surface area contributed by atoms with Gasteiger partial charge in [0, 0.05) is 12.1 Å². The summed E-state index contributed by atoms with van der Waals surface area (Å²) in [5.74, 6) is 0.00732. The highest BCUT2D eigenvalue weighted by atomic mass is 16.6. The van der Waals surface area contributed by atoms with E-state index >= 15 is 0 Å². The Morgan fingerprint density at radius 2 is 1.79 bits per heavy atom. The zero-order valence-corrected chi connectivity index (χ0v) is 15.0. The van der Waals surface area contributed by atoms with Gasteiger partial charge in [-0.25, -0.2) is 4.79 Å². The van der Waals surface area contributed by atoms with Gasteiger partial charge in [0.05, 0.1) is 0 Å². The maximum Gasteiger partial charge on any atom is 0.344 e. The van der Waals surface area contributed by atoms with Crippen LogP contribution in [0.25, 0.3) is 0 Å². The Morgan fingerprint density at radius 3 is 2.46 bits per heavy atom. The molecule has 2 unspecified atom stereocenters. The number of esters is 1. The first-order chi connectivity index (χ1) is 11.4. The SMILES string of the molecule is Cc1ccc(C)c(OCC(=O)OCC(=O)N2C(C)CCCC2C)c1. The highest BCUT2D eigenvalue weighted by Gasteiger charge is 2.29. The summed E-state index contributed by atoms with van der Waals surface area (Å²) in [4.78, 5) is 26.0. The van der Waals surface area contributed by atoms with Crippen LogP contribution >= 0.6 is 0 Å². The van der Waals surface area contributed by atoms with Crippen molar-refractivity contribution >= 4 is 11.9 Å². The third-order valence-corrected chi connectivity index (χ3v) is 4.53. The van der Waals surface area contributed by atoms with Gasteiger partial charge in [-0.05, 0) is 64.2 Å². The van der Waals surface area contributed by atoms with Crippen molar-refractivity contribution < 1.29 is 19.1 Å². The molecule has 1 aromatic rings. The molecule has 2 atom stereocenters. The lowest BCUT2D eigenvalue weighted by atomic mass is 9.97. The lowest BCUT2D eigenvalue weighted by Crippen LogP contribution is -2.49. The minimum Gasteiger partial charge on any atom is -0.482 e. The molecule has 0 N–H and O–H groups in total. The summed E-state index contributed by atoms with van der Waals surface area (Å²) < 4.78 is 10.6. The Labute approximate surface area is 143 Å². The normalized spacial score (nSPS) is 20.6. The minimum absolute atomic E-state index is 0.130. The van der Waals surface area contributed by atoms with Crippen LogP contribution < -0.4 is 4.74 Å². The number of nitrogens with zero attached hydrogens (tertiary/aromatic N) is 1. The van der Waals surface area contributed by atoms with E-state index in [9.17, 15) is 9.59 Å². The summed E-state index contributed by atoms with van der Waals surface area (Å²) >= 11 is 0. The number of carbonyl (C=O) groups is 2. The van der Waals surface area contributed by atoms with Gasteiger partial charge in [0.1, 0.15) is 5.75 Å². The molecule has 1 fully saturated rings. The summed E-state index contributed by atoms with van der Waals surface area (Å²) in [6.07, 6.45) is 3.13. The predicted molar refractivity (Wildman–Crippen MR) is 92.0 cm³/mol. The van der Waals surface area contributed by atoms with E-state index in [1.54, 1.807) is 0 Å². The number of aryl methyl sites for hydroxylation is 2. The molecule has 132 valence electrons. The van der Waals surface area contributed by atoms with Crippen molar-refractivity contribution in [2.24, 2.45) is 0 Å². The summed E-state index contributed by atoms with van der Waals surface area (Å²) in [6, 6.07) is 6.21. The number of piperidine rings is 1. The molecule has 1 heterocycles. The van der Waals surface area contributed by atoms with E-state index in [1.807, 2.05) is 50.8 Å². The second-order valence-electron chi connectivity index (χ2n) is 6.65. The van der Waals surface area contributed by atoms with Crippen LogP contribution in [0.15, 0.2) is 18.2 Å². The number of amides is 1. The number of rotatable bonds is 5. The molecule has 1 aromatic carbocycles. The molecular formula is C19H27NO4. The molecule has 1 aliphatic rings. The van der Waals surface area contributed by atoms with Crippen molar-refractivity contribution in [2.45, 2.75) is 59.0 Å². The Kier molecular flexibility index (Phi) is 6.23. The predicted octanol–water partition coefficient (Wildman–Crippen LogP) is 3.01. The van der Waals surface area contributed by atoms with Gasteiger partial charge in [-0.15, -0.1) is 0 Å². The van der Waals surface area contributed by atoms with Crippen molar-refractivity contribution in [1.29, 1.82) is 0 Å². The fourth-order valence-electron chi connectivity index (χ4n) is 3.17. The van der Waals surface area contributed by atoms with E-state index in [2.05, 4.69) is 0 Å². The zero-order valence-electron chi connectivity index (χ0n) is 15.0. The molecule has 24 heavy (non-hydrogen) atoms. The second-order valence-corrected chi connectivity index (χ2v) is 6.65. The molecule has 0 aromatic heterocycles. The fourth-order valence-corrected chi connectivity index (χ4v) is 3.17. The van der Waals surface area contributed by atoms with Gasteiger partial charge in [-0.3, -0.25) is 4.79 Å². The Morgan fingerprint density at radius 1 is 1.12 bits per heavy atom. The molecule has 0 saturated carbocycles. The zero-order chi connectivity index (χ0) is 17.7. The second kappa shape index (κ2) is 8.18. The van der Waals surface area contributed by atoms with Gasteiger partial charge in [-0.1, -0.05) is 12.1 Å². The molecule has 0 spiro atoms. The third kappa shape index (κ3) is 4.73. The van der Waals surface area contributed by atoms with Crippen molar-refractivity contribution in [3.63, 3.8) is 0 Å². The molecule has 0 radical (unpaired) electrons. The first-order valence-electron chi connectivity index (χ1n) is 8.55. The largest absolute Gasteiger partial charge is 0.482 e. The number of hydrogen-bond acceptors (Lipinski definition) is 4. The summed E-state index contributed by atoms with van der Waals surface area (Å²) in [5.41, 5.74) is 2.02.